The SMILES string of the molecule is CC(C)[C@H]1CN(CC(=O)N2CCOCC2)C[C@@H]1NS(C)(=O)=O. The summed E-state index contributed by atoms with van der Waals surface area (Å²) in [4.78, 5) is 16.2. The Balaban J connectivity index is 1.93. The zero-order chi connectivity index (χ0) is 16.3. The van der Waals surface area contributed by atoms with Crippen molar-refractivity contribution in [1.82, 2.24) is 14.5 Å². The predicted octanol–water partition coefficient (Wildman–Crippen LogP) is -0.649. The topological polar surface area (TPSA) is 79.0 Å². The van der Waals surface area contributed by atoms with Crippen LogP contribution in [0.15, 0.2) is 0 Å². The van der Waals surface area contributed by atoms with E-state index >= 15 is 0 Å². The lowest BCUT2D eigenvalue weighted by Gasteiger charge is -2.28. The molecule has 22 heavy (non-hydrogen) atoms. The van der Waals surface area contributed by atoms with Gasteiger partial charge in [-0.1, -0.05) is 13.8 Å². The number of rotatable bonds is 5. The number of nitrogens with zero attached hydrogens (tertiary/aromatic N) is 2. The number of nitrogens with one attached hydrogen (secondary N) is 1. The summed E-state index contributed by atoms with van der Waals surface area (Å²) >= 11 is 0. The highest BCUT2D eigenvalue weighted by Gasteiger charge is 2.37. The van der Waals surface area contributed by atoms with Crippen LogP contribution in [-0.2, 0) is 19.6 Å². The standard InChI is InChI=1S/C14H27N3O4S/c1-11(2)12-8-16(9-13(12)15-22(3,19)20)10-14(18)17-4-6-21-7-5-17/h11-13,15H,4-10H2,1-3H3/t12-,13+/m1/s1. The van der Waals surface area contributed by atoms with Gasteiger partial charge in [0.15, 0.2) is 0 Å². The van der Waals surface area contributed by atoms with E-state index in [4.69, 9.17) is 4.74 Å². The van der Waals surface area contributed by atoms with Gasteiger partial charge in [-0.2, -0.15) is 0 Å². The van der Waals surface area contributed by atoms with Crippen molar-refractivity contribution in [3.63, 3.8) is 0 Å². The quantitative estimate of drug-likeness (QED) is 0.723. The van der Waals surface area contributed by atoms with E-state index in [1.54, 1.807) is 0 Å². The van der Waals surface area contributed by atoms with Gasteiger partial charge in [0.2, 0.25) is 15.9 Å². The molecule has 0 radical (unpaired) electrons. The number of morpholine rings is 1. The second kappa shape index (κ2) is 7.25. The van der Waals surface area contributed by atoms with Crippen LogP contribution in [0.5, 0.6) is 0 Å². The first-order chi connectivity index (χ1) is 10.3. The number of carbonyl (C=O) groups excluding carboxylic acids is 1. The van der Waals surface area contributed by atoms with Crippen LogP contribution in [0, 0.1) is 11.8 Å². The van der Waals surface area contributed by atoms with E-state index in [-0.39, 0.29) is 17.9 Å². The fourth-order valence-electron chi connectivity index (χ4n) is 3.22. The molecule has 1 amide bonds. The van der Waals surface area contributed by atoms with Crippen molar-refractivity contribution in [3.8, 4) is 0 Å². The lowest BCUT2D eigenvalue weighted by Crippen LogP contribution is -2.46. The molecule has 0 aromatic heterocycles. The molecular formula is C14H27N3O4S. The maximum absolute atomic E-state index is 12.3. The molecule has 7 nitrogen and oxygen atoms in total. The molecule has 2 fully saturated rings. The van der Waals surface area contributed by atoms with Gasteiger partial charge in [-0.15, -0.1) is 0 Å². The second-order valence-corrected chi connectivity index (χ2v) is 8.37. The summed E-state index contributed by atoms with van der Waals surface area (Å²) < 4.78 is 31.0. The zero-order valence-corrected chi connectivity index (χ0v) is 14.4. The molecule has 0 aromatic rings. The highest BCUT2D eigenvalue weighted by atomic mass is 32.2. The van der Waals surface area contributed by atoms with Crippen LogP contribution in [0.2, 0.25) is 0 Å². The Morgan fingerprint density at radius 2 is 1.91 bits per heavy atom. The van der Waals surface area contributed by atoms with Crippen molar-refractivity contribution < 1.29 is 17.9 Å². The second-order valence-electron chi connectivity index (χ2n) is 6.59. The first kappa shape index (κ1) is 17.7. The molecule has 8 heteroatoms. The number of amides is 1. The summed E-state index contributed by atoms with van der Waals surface area (Å²) in [5.74, 6) is 0.695. The number of hydrogen-bond donors (Lipinski definition) is 1. The van der Waals surface area contributed by atoms with Gasteiger partial charge in [-0.05, 0) is 11.8 Å². The van der Waals surface area contributed by atoms with Crippen molar-refractivity contribution in [2.45, 2.75) is 19.9 Å². The van der Waals surface area contributed by atoms with Crippen LogP contribution in [0.3, 0.4) is 0 Å². The van der Waals surface area contributed by atoms with Gasteiger partial charge in [0.05, 0.1) is 26.0 Å². The van der Waals surface area contributed by atoms with E-state index in [9.17, 15) is 13.2 Å². The molecule has 0 unspecified atom stereocenters. The molecule has 128 valence electrons. The molecule has 0 saturated carbocycles. The Labute approximate surface area is 133 Å². The molecule has 2 rings (SSSR count). The molecule has 2 aliphatic rings. The maximum atomic E-state index is 12.3. The van der Waals surface area contributed by atoms with Crippen molar-refractivity contribution in [2.24, 2.45) is 11.8 Å². The first-order valence-electron chi connectivity index (χ1n) is 7.81. The monoisotopic (exact) mass is 333 g/mol. The molecule has 1 N–H and O–H groups in total. The zero-order valence-electron chi connectivity index (χ0n) is 13.6. The van der Waals surface area contributed by atoms with Gasteiger partial charge in [0, 0.05) is 32.2 Å². The number of likely N-dealkylation sites (tertiary alicyclic amines) is 1. The fourth-order valence-corrected chi connectivity index (χ4v) is 4.02. The number of carbonyl (C=O) groups is 1. The van der Waals surface area contributed by atoms with Gasteiger partial charge in [0.25, 0.3) is 0 Å². The number of ether oxygens (including phenoxy) is 1. The smallest absolute Gasteiger partial charge is 0.236 e. The molecule has 2 aliphatic heterocycles. The molecule has 2 saturated heterocycles. The third-order valence-electron chi connectivity index (χ3n) is 4.39. The average molecular weight is 333 g/mol. The van der Waals surface area contributed by atoms with Gasteiger partial charge in [0.1, 0.15) is 0 Å². The predicted molar refractivity (Wildman–Crippen MR) is 83.9 cm³/mol. The summed E-state index contributed by atoms with van der Waals surface area (Å²) in [5, 5.41) is 0. The number of sulfonamides is 1. The minimum Gasteiger partial charge on any atom is -0.378 e. The van der Waals surface area contributed by atoms with E-state index in [2.05, 4.69) is 23.5 Å². The highest BCUT2D eigenvalue weighted by molar-refractivity contribution is 7.88. The Morgan fingerprint density at radius 1 is 1.27 bits per heavy atom. The Kier molecular flexibility index (Phi) is 5.81. The largest absolute Gasteiger partial charge is 0.378 e. The summed E-state index contributed by atoms with van der Waals surface area (Å²) in [6.07, 6.45) is 1.19. The molecule has 0 aliphatic carbocycles. The summed E-state index contributed by atoms with van der Waals surface area (Å²) in [5.41, 5.74) is 0. The van der Waals surface area contributed by atoms with Crippen LogP contribution in [-0.4, -0.2) is 82.4 Å². The third-order valence-corrected chi connectivity index (χ3v) is 5.12. The van der Waals surface area contributed by atoms with E-state index in [0.717, 1.165) is 6.54 Å². The normalized spacial score (nSPS) is 27.5. The molecule has 2 atom stereocenters. The van der Waals surface area contributed by atoms with Gasteiger partial charge in [-0.25, -0.2) is 13.1 Å². The van der Waals surface area contributed by atoms with Crippen molar-refractivity contribution in [1.29, 1.82) is 0 Å². The Hall–Kier alpha value is -0.700. The van der Waals surface area contributed by atoms with Gasteiger partial charge >= 0.3 is 0 Å². The summed E-state index contributed by atoms with van der Waals surface area (Å²) in [6, 6.07) is -0.118. The fraction of sp³-hybridized carbons (Fsp3) is 0.929. The lowest BCUT2D eigenvalue weighted by atomic mass is 9.92. The van der Waals surface area contributed by atoms with Crippen LogP contribution in [0.4, 0.5) is 0 Å². The summed E-state index contributed by atoms with van der Waals surface area (Å²) in [7, 11) is -3.23. The van der Waals surface area contributed by atoms with Crippen molar-refractivity contribution >= 4 is 15.9 Å². The molecule has 0 aromatic carbocycles. The van der Waals surface area contributed by atoms with Crippen LogP contribution in [0.25, 0.3) is 0 Å². The van der Waals surface area contributed by atoms with E-state index in [1.165, 1.54) is 6.26 Å². The van der Waals surface area contributed by atoms with Crippen LogP contribution >= 0.6 is 0 Å². The van der Waals surface area contributed by atoms with E-state index < -0.39 is 10.0 Å². The maximum Gasteiger partial charge on any atom is 0.236 e. The minimum atomic E-state index is -3.23. The summed E-state index contributed by atoms with van der Waals surface area (Å²) in [6.45, 7) is 8.36. The lowest BCUT2D eigenvalue weighted by molar-refractivity contribution is -0.136. The molecule has 0 spiro atoms. The Morgan fingerprint density at radius 3 is 2.45 bits per heavy atom. The first-order valence-corrected chi connectivity index (χ1v) is 9.70. The van der Waals surface area contributed by atoms with Crippen molar-refractivity contribution in [2.75, 3.05) is 52.2 Å². The van der Waals surface area contributed by atoms with Crippen LogP contribution < -0.4 is 4.72 Å². The average Bonchev–Trinajstić information content (AvgIpc) is 2.80. The van der Waals surface area contributed by atoms with E-state index in [0.29, 0.717) is 45.3 Å². The third kappa shape index (κ3) is 4.91. The van der Waals surface area contributed by atoms with Gasteiger partial charge < -0.3 is 9.64 Å². The van der Waals surface area contributed by atoms with Crippen molar-refractivity contribution in [3.05, 3.63) is 0 Å². The minimum absolute atomic E-state index is 0.103. The highest BCUT2D eigenvalue weighted by Crippen LogP contribution is 2.24. The van der Waals surface area contributed by atoms with Gasteiger partial charge in [-0.3, -0.25) is 9.69 Å². The molecule has 0 bridgehead atoms. The van der Waals surface area contributed by atoms with Crippen LogP contribution in [0.1, 0.15) is 13.8 Å². The molecular weight excluding hydrogens is 306 g/mol. The van der Waals surface area contributed by atoms with E-state index in [1.807, 2.05) is 4.90 Å². The Bertz CT molecular complexity index is 488. The molecule has 2 heterocycles. The number of hydrogen-bond acceptors (Lipinski definition) is 5.